The maximum Gasteiger partial charge on any atom is 0.129 e. The highest BCUT2D eigenvalue weighted by Gasteiger charge is 2.36. The van der Waals surface area contributed by atoms with Crippen LogP contribution in [0.15, 0.2) is 29.5 Å². The molecule has 130 valence electrons. The molecule has 0 radical (unpaired) electrons. The summed E-state index contributed by atoms with van der Waals surface area (Å²) in [6, 6.07) is 3.74. The number of benzene rings is 1. The lowest BCUT2D eigenvalue weighted by molar-refractivity contribution is -0.0661. The molecule has 1 aromatic carbocycles. The number of ether oxygens (including phenoxy) is 1. The minimum atomic E-state index is -0.442. The number of likely N-dealkylation sites (N-methyl/N-ethyl adjacent to an activating group) is 1. The summed E-state index contributed by atoms with van der Waals surface area (Å²) in [5.41, 5.74) is 2.36. The molecule has 0 saturated carbocycles. The summed E-state index contributed by atoms with van der Waals surface area (Å²) in [5.74, 6) is -0.775. The molecule has 24 heavy (non-hydrogen) atoms. The average molecular weight is 335 g/mol. The second-order valence-electron chi connectivity index (χ2n) is 6.59. The standard InChI is InChI=1S/C18H23F2N3O/c1-11-5-14(23-8-12(7-21)17(9-23)22-2)10-24-18(11)15-6-13(19)3-4-16(15)20/h3-4,6-7,11,14,18,21-22H,5,8-10H2,1-2H3/t11-,14+,18-/m0/s1. The van der Waals surface area contributed by atoms with E-state index in [4.69, 9.17) is 10.1 Å². The third-order valence-electron chi connectivity index (χ3n) is 5.01. The summed E-state index contributed by atoms with van der Waals surface area (Å²) in [6.45, 7) is 3.98. The highest BCUT2D eigenvalue weighted by molar-refractivity contribution is 5.78. The number of rotatable bonds is 4. The first-order valence-electron chi connectivity index (χ1n) is 8.24. The highest BCUT2D eigenvalue weighted by Crippen LogP contribution is 2.37. The molecule has 1 fully saturated rings. The van der Waals surface area contributed by atoms with Crippen molar-refractivity contribution >= 4 is 6.21 Å². The third-order valence-corrected chi connectivity index (χ3v) is 5.01. The Morgan fingerprint density at radius 1 is 1.33 bits per heavy atom. The molecule has 6 heteroatoms. The molecule has 1 saturated heterocycles. The fourth-order valence-electron chi connectivity index (χ4n) is 3.69. The van der Waals surface area contributed by atoms with Gasteiger partial charge in [-0.2, -0.15) is 0 Å². The molecule has 0 spiro atoms. The summed E-state index contributed by atoms with van der Waals surface area (Å²) in [7, 11) is 1.87. The fourth-order valence-corrected chi connectivity index (χ4v) is 3.69. The van der Waals surface area contributed by atoms with Gasteiger partial charge in [0.25, 0.3) is 0 Å². The molecular weight excluding hydrogens is 312 g/mol. The normalized spacial score (nSPS) is 28.2. The van der Waals surface area contributed by atoms with Gasteiger partial charge in [0.1, 0.15) is 11.6 Å². The maximum absolute atomic E-state index is 14.0. The van der Waals surface area contributed by atoms with E-state index in [9.17, 15) is 8.78 Å². The van der Waals surface area contributed by atoms with Crippen LogP contribution in [-0.2, 0) is 4.74 Å². The molecule has 2 aliphatic heterocycles. The van der Waals surface area contributed by atoms with E-state index in [1.165, 1.54) is 12.3 Å². The van der Waals surface area contributed by atoms with Gasteiger partial charge in [-0.3, -0.25) is 4.90 Å². The Morgan fingerprint density at radius 2 is 2.12 bits per heavy atom. The summed E-state index contributed by atoms with van der Waals surface area (Å²) in [4.78, 5) is 2.28. The molecule has 1 aromatic rings. The molecule has 0 bridgehead atoms. The smallest absolute Gasteiger partial charge is 0.129 e. The highest BCUT2D eigenvalue weighted by atomic mass is 19.1. The predicted octanol–water partition coefficient (Wildman–Crippen LogP) is 2.87. The minimum Gasteiger partial charge on any atom is -0.390 e. The van der Waals surface area contributed by atoms with E-state index in [0.717, 1.165) is 42.9 Å². The topological polar surface area (TPSA) is 48.4 Å². The summed E-state index contributed by atoms with van der Waals surface area (Å²) in [5, 5.41) is 10.7. The molecule has 0 amide bonds. The van der Waals surface area contributed by atoms with Crippen LogP contribution in [0.5, 0.6) is 0 Å². The van der Waals surface area contributed by atoms with E-state index in [-0.39, 0.29) is 12.0 Å². The first kappa shape index (κ1) is 17.0. The van der Waals surface area contributed by atoms with E-state index in [2.05, 4.69) is 10.2 Å². The van der Waals surface area contributed by atoms with E-state index in [1.807, 2.05) is 14.0 Å². The molecule has 2 heterocycles. The lowest BCUT2D eigenvalue weighted by Crippen LogP contribution is -2.44. The minimum absolute atomic E-state index is 0.0853. The van der Waals surface area contributed by atoms with E-state index >= 15 is 0 Å². The second-order valence-corrected chi connectivity index (χ2v) is 6.59. The van der Waals surface area contributed by atoms with Gasteiger partial charge in [-0.1, -0.05) is 6.92 Å². The van der Waals surface area contributed by atoms with Crippen LogP contribution in [0.1, 0.15) is 25.0 Å². The van der Waals surface area contributed by atoms with Crippen LogP contribution < -0.4 is 5.32 Å². The van der Waals surface area contributed by atoms with Gasteiger partial charge in [-0.25, -0.2) is 8.78 Å². The lowest BCUT2D eigenvalue weighted by Gasteiger charge is -2.39. The zero-order valence-corrected chi connectivity index (χ0v) is 14.0. The van der Waals surface area contributed by atoms with Crippen LogP contribution in [0.4, 0.5) is 8.78 Å². The van der Waals surface area contributed by atoms with Crippen molar-refractivity contribution in [2.45, 2.75) is 25.5 Å². The number of nitrogens with one attached hydrogen (secondary N) is 2. The van der Waals surface area contributed by atoms with Crippen molar-refractivity contribution in [3.63, 3.8) is 0 Å². The van der Waals surface area contributed by atoms with Gasteiger partial charge in [-0.05, 0) is 30.5 Å². The van der Waals surface area contributed by atoms with Gasteiger partial charge in [0.15, 0.2) is 0 Å². The van der Waals surface area contributed by atoms with Gasteiger partial charge >= 0.3 is 0 Å². The summed E-state index contributed by atoms with van der Waals surface area (Å²) >= 11 is 0. The quantitative estimate of drug-likeness (QED) is 0.832. The molecule has 2 aliphatic rings. The van der Waals surface area contributed by atoms with Crippen molar-refractivity contribution in [1.29, 1.82) is 5.41 Å². The Bertz CT molecular complexity index is 662. The van der Waals surface area contributed by atoms with Crippen LogP contribution in [0.3, 0.4) is 0 Å². The number of halogens is 2. The van der Waals surface area contributed by atoms with Crippen LogP contribution in [0.25, 0.3) is 0 Å². The van der Waals surface area contributed by atoms with Crippen LogP contribution >= 0.6 is 0 Å². The average Bonchev–Trinajstić information content (AvgIpc) is 3.00. The van der Waals surface area contributed by atoms with Crippen molar-refractivity contribution in [2.24, 2.45) is 5.92 Å². The molecule has 4 nitrogen and oxygen atoms in total. The molecular formula is C18H23F2N3O. The number of hydrogen-bond acceptors (Lipinski definition) is 4. The Morgan fingerprint density at radius 3 is 2.75 bits per heavy atom. The molecule has 2 N–H and O–H groups in total. The van der Waals surface area contributed by atoms with E-state index in [0.29, 0.717) is 12.2 Å². The Hall–Kier alpha value is -1.79. The van der Waals surface area contributed by atoms with Crippen molar-refractivity contribution in [1.82, 2.24) is 10.2 Å². The van der Waals surface area contributed by atoms with Crippen LogP contribution in [0, 0.1) is 23.0 Å². The van der Waals surface area contributed by atoms with Gasteiger partial charge in [-0.15, -0.1) is 0 Å². The first-order valence-corrected chi connectivity index (χ1v) is 8.24. The van der Waals surface area contributed by atoms with Crippen LogP contribution in [-0.4, -0.2) is 43.9 Å². The molecule has 0 aliphatic carbocycles. The molecule has 3 atom stereocenters. The SMILES string of the molecule is CNC1=C(C=N)CN([C@H]2CO[C@H](c3cc(F)ccc3F)[C@@H](C)C2)C1. The van der Waals surface area contributed by atoms with Gasteiger partial charge in [0.2, 0.25) is 0 Å². The Balaban J connectivity index is 1.68. The van der Waals surface area contributed by atoms with Crippen molar-refractivity contribution < 1.29 is 13.5 Å². The fraction of sp³-hybridized carbons (Fsp3) is 0.500. The van der Waals surface area contributed by atoms with Crippen LogP contribution in [0.2, 0.25) is 0 Å². The van der Waals surface area contributed by atoms with Crippen molar-refractivity contribution in [3.05, 3.63) is 46.7 Å². The van der Waals surface area contributed by atoms with Crippen molar-refractivity contribution in [2.75, 3.05) is 26.7 Å². The summed E-state index contributed by atoms with van der Waals surface area (Å²) in [6.07, 6.45) is 1.82. The molecule has 0 aromatic heterocycles. The van der Waals surface area contributed by atoms with E-state index < -0.39 is 17.7 Å². The first-order chi connectivity index (χ1) is 11.5. The largest absolute Gasteiger partial charge is 0.390 e. The zero-order chi connectivity index (χ0) is 17.3. The van der Waals surface area contributed by atoms with Gasteiger partial charge in [0, 0.05) is 49.2 Å². The Kier molecular flexibility index (Phi) is 4.96. The second kappa shape index (κ2) is 6.99. The molecule has 0 unspecified atom stereocenters. The number of hydrogen-bond donors (Lipinski definition) is 2. The maximum atomic E-state index is 14.0. The van der Waals surface area contributed by atoms with E-state index in [1.54, 1.807) is 0 Å². The van der Waals surface area contributed by atoms with Crippen molar-refractivity contribution in [3.8, 4) is 0 Å². The zero-order valence-electron chi connectivity index (χ0n) is 14.0. The van der Waals surface area contributed by atoms with Gasteiger partial charge in [0.05, 0.1) is 12.7 Å². The summed E-state index contributed by atoms with van der Waals surface area (Å²) < 4.78 is 33.4. The van der Waals surface area contributed by atoms with Gasteiger partial charge < -0.3 is 15.5 Å². The monoisotopic (exact) mass is 335 g/mol. The number of nitrogens with zero attached hydrogens (tertiary/aromatic N) is 1. The lowest BCUT2D eigenvalue weighted by atomic mass is 9.88. The Labute approximate surface area is 141 Å². The predicted molar refractivity (Wildman–Crippen MR) is 89.1 cm³/mol. The molecule has 3 rings (SSSR count). The third kappa shape index (κ3) is 3.21.